The average molecular weight is 209 g/mol. The van der Waals surface area contributed by atoms with Gasteiger partial charge >= 0.3 is 0 Å². The maximum absolute atomic E-state index is 2.75. The monoisotopic (exact) mass is 209 g/mol. The molecule has 2 aliphatic rings. The molecule has 0 aromatic heterocycles. The summed E-state index contributed by atoms with van der Waals surface area (Å²) in [6.07, 6.45) is 4.37. The summed E-state index contributed by atoms with van der Waals surface area (Å²) < 4.78 is 0. The lowest BCUT2D eigenvalue weighted by Crippen LogP contribution is -2.36. The molecule has 1 saturated carbocycles. The molecular formula is C14H27N. The van der Waals surface area contributed by atoms with Gasteiger partial charge in [0.2, 0.25) is 0 Å². The highest BCUT2D eigenvalue weighted by Crippen LogP contribution is 2.49. The van der Waals surface area contributed by atoms with Crippen LogP contribution in [0, 0.1) is 17.3 Å². The van der Waals surface area contributed by atoms with E-state index in [9.17, 15) is 0 Å². The number of nitrogens with zero attached hydrogens (tertiary/aromatic N) is 1. The van der Waals surface area contributed by atoms with Crippen LogP contribution in [0.5, 0.6) is 0 Å². The third-order valence-corrected chi connectivity index (χ3v) is 4.70. The third-order valence-electron chi connectivity index (χ3n) is 4.70. The first-order valence-corrected chi connectivity index (χ1v) is 6.67. The summed E-state index contributed by atoms with van der Waals surface area (Å²) >= 11 is 0. The molecule has 1 heteroatoms. The molecule has 3 unspecified atom stereocenters. The van der Waals surface area contributed by atoms with Crippen molar-refractivity contribution in [3.63, 3.8) is 0 Å². The molecule has 0 radical (unpaired) electrons. The van der Waals surface area contributed by atoms with E-state index in [1.165, 1.54) is 25.8 Å². The van der Waals surface area contributed by atoms with Gasteiger partial charge in [-0.2, -0.15) is 0 Å². The predicted octanol–water partition coefficient (Wildman–Crippen LogP) is 3.54. The molecule has 0 N–H and O–H groups in total. The molecule has 0 aromatic rings. The van der Waals surface area contributed by atoms with E-state index in [0.29, 0.717) is 5.41 Å². The van der Waals surface area contributed by atoms with Crippen molar-refractivity contribution in [2.75, 3.05) is 6.54 Å². The standard InChI is InChI=1S/C14H27N/c1-10(2)12-6-13-8-14(5,7-12)9-15(13)11(3)4/h10-13H,6-9H2,1-5H3. The van der Waals surface area contributed by atoms with E-state index in [4.69, 9.17) is 0 Å². The quantitative estimate of drug-likeness (QED) is 0.672. The molecule has 88 valence electrons. The van der Waals surface area contributed by atoms with E-state index in [1.54, 1.807) is 0 Å². The van der Waals surface area contributed by atoms with Crippen LogP contribution in [0.2, 0.25) is 0 Å². The first kappa shape index (κ1) is 11.4. The Hall–Kier alpha value is -0.0400. The van der Waals surface area contributed by atoms with Crippen LogP contribution in [0.3, 0.4) is 0 Å². The molecule has 1 saturated heterocycles. The molecule has 3 atom stereocenters. The van der Waals surface area contributed by atoms with Crippen LogP contribution >= 0.6 is 0 Å². The number of fused-ring (bicyclic) bond motifs is 2. The van der Waals surface area contributed by atoms with E-state index in [1.807, 2.05) is 0 Å². The number of hydrogen-bond donors (Lipinski definition) is 0. The highest BCUT2D eigenvalue weighted by molar-refractivity contribution is 5.01. The zero-order valence-electron chi connectivity index (χ0n) is 11.1. The van der Waals surface area contributed by atoms with Crippen molar-refractivity contribution in [2.45, 2.75) is 66.0 Å². The minimum absolute atomic E-state index is 0.627. The third kappa shape index (κ3) is 2.08. The summed E-state index contributed by atoms with van der Waals surface area (Å²) in [5.41, 5.74) is 0.627. The van der Waals surface area contributed by atoms with Gasteiger partial charge in [0.15, 0.2) is 0 Å². The average Bonchev–Trinajstić information content (AvgIpc) is 2.35. The maximum atomic E-state index is 2.75. The topological polar surface area (TPSA) is 3.24 Å². The Bertz CT molecular complexity index is 229. The SMILES string of the molecule is CC(C)C1CC2CC(C)(C1)CN2C(C)C. The Balaban J connectivity index is 2.12. The van der Waals surface area contributed by atoms with Gasteiger partial charge in [-0.3, -0.25) is 4.90 Å². The maximum Gasteiger partial charge on any atom is 0.0107 e. The Kier molecular flexibility index (Phi) is 2.87. The van der Waals surface area contributed by atoms with Gasteiger partial charge in [-0.25, -0.2) is 0 Å². The molecule has 1 aliphatic carbocycles. The fraction of sp³-hybridized carbons (Fsp3) is 1.00. The molecule has 1 aliphatic heterocycles. The van der Waals surface area contributed by atoms with Crippen LogP contribution < -0.4 is 0 Å². The van der Waals surface area contributed by atoms with Crippen molar-refractivity contribution < 1.29 is 0 Å². The second kappa shape index (κ2) is 3.76. The van der Waals surface area contributed by atoms with Gasteiger partial charge in [0.25, 0.3) is 0 Å². The van der Waals surface area contributed by atoms with Crippen molar-refractivity contribution in [3.8, 4) is 0 Å². The Morgan fingerprint density at radius 1 is 1.13 bits per heavy atom. The van der Waals surface area contributed by atoms with Gasteiger partial charge in [-0.15, -0.1) is 0 Å². The molecule has 0 amide bonds. The van der Waals surface area contributed by atoms with Crippen molar-refractivity contribution in [2.24, 2.45) is 17.3 Å². The fourth-order valence-corrected chi connectivity index (χ4v) is 3.86. The van der Waals surface area contributed by atoms with E-state index in [2.05, 4.69) is 39.5 Å². The van der Waals surface area contributed by atoms with Gasteiger partial charge in [0.05, 0.1) is 0 Å². The zero-order valence-corrected chi connectivity index (χ0v) is 11.1. The van der Waals surface area contributed by atoms with Crippen LogP contribution in [0.15, 0.2) is 0 Å². The Labute approximate surface area is 95.2 Å². The lowest BCUT2D eigenvalue weighted by molar-refractivity contribution is 0.151. The van der Waals surface area contributed by atoms with Gasteiger partial charge in [0.1, 0.15) is 0 Å². The van der Waals surface area contributed by atoms with Crippen LogP contribution in [0.1, 0.15) is 53.9 Å². The molecule has 2 rings (SSSR count). The van der Waals surface area contributed by atoms with Crippen molar-refractivity contribution in [1.29, 1.82) is 0 Å². The summed E-state index contributed by atoms with van der Waals surface area (Å²) in [4.78, 5) is 2.75. The molecule has 0 aromatic carbocycles. The first-order chi connectivity index (χ1) is 6.91. The lowest BCUT2D eigenvalue weighted by Gasteiger charge is -2.36. The summed E-state index contributed by atoms with van der Waals surface area (Å²) in [6.45, 7) is 13.4. The number of rotatable bonds is 2. The molecular weight excluding hydrogens is 182 g/mol. The van der Waals surface area contributed by atoms with Gasteiger partial charge in [0, 0.05) is 18.6 Å². The van der Waals surface area contributed by atoms with Gasteiger partial charge < -0.3 is 0 Å². The minimum Gasteiger partial charge on any atom is -0.297 e. The summed E-state index contributed by atoms with van der Waals surface area (Å²) in [6, 6.07) is 1.62. The summed E-state index contributed by atoms with van der Waals surface area (Å²) in [5, 5.41) is 0. The van der Waals surface area contributed by atoms with E-state index < -0.39 is 0 Å². The number of likely N-dealkylation sites (tertiary alicyclic amines) is 1. The van der Waals surface area contributed by atoms with E-state index >= 15 is 0 Å². The first-order valence-electron chi connectivity index (χ1n) is 6.67. The van der Waals surface area contributed by atoms with E-state index in [-0.39, 0.29) is 0 Å². The number of hydrogen-bond acceptors (Lipinski definition) is 1. The van der Waals surface area contributed by atoms with Crippen molar-refractivity contribution >= 4 is 0 Å². The summed E-state index contributed by atoms with van der Waals surface area (Å²) in [5.74, 6) is 1.84. The van der Waals surface area contributed by atoms with E-state index in [0.717, 1.165) is 23.9 Å². The predicted molar refractivity (Wildman–Crippen MR) is 65.9 cm³/mol. The van der Waals surface area contributed by atoms with Gasteiger partial charge in [-0.1, -0.05) is 20.8 Å². The molecule has 2 fully saturated rings. The Morgan fingerprint density at radius 3 is 2.33 bits per heavy atom. The van der Waals surface area contributed by atoms with Crippen LogP contribution in [-0.4, -0.2) is 23.5 Å². The molecule has 2 bridgehead atoms. The normalized spacial score (nSPS) is 41.8. The second-order valence-electron chi connectivity index (χ2n) is 6.88. The van der Waals surface area contributed by atoms with Gasteiger partial charge in [-0.05, 0) is 50.4 Å². The Morgan fingerprint density at radius 2 is 1.80 bits per heavy atom. The molecule has 15 heavy (non-hydrogen) atoms. The van der Waals surface area contributed by atoms with Crippen LogP contribution in [-0.2, 0) is 0 Å². The van der Waals surface area contributed by atoms with Crippen LogP contribution in [0.25, 0.3) is 0 Å². The zero-order chi connectivity index (χ0) is 11.2. The molecule has 1 heterocycles. The van der Waals surface area contributed by atoms with Crippen LogP contribution in [0.4, 0.5) is 0 Å². The largest absolute Gasteiger partial charge is 0.297 e. The minimum atomic E-state index is 0.627. The van der Waals surface area contributed by atoms with Crippen molar-refractivity contribution in [1.82, 2.24) is 4.90 Å². The second-order valence-corrected chi connectivity index (χ2v) is 6.88. The van der Waals surface area contributed by atoms with Crippen molar-refractivity contribution in [3.05, 3.63) is 0 Å². The molecule has 0 spiro atoms. The highest BCUT2D eigenvalue weighted by atomic mass is 15.2. The lowest BCUT2D eigenvalue weighted by atomic mass is 9.69. The fourth-order valence-electron chi connectivity index (χ4n) is 3.86. The highest BCUT2D eigenvalue weighted by Gasteiger charge is 2.47. The smallest absolute Gasteiger partial charge is 0.0107 e. The summed E-state index contributed by atoms with van der Waals surface area (Å²) in [7, 11) is 0. The molecule has 1 nitrogen and oxygen atoms in total.